The number of nitrogens with zero attached hydrogens (tertiary/aromatic N) is 1. The van der Waals surface area contributed by atoms with Gasteiger partial charge in [0.15, 0.2) is 0 Å². The molecule has 1 N–H and O–H groups in total. The molecule has 98 valence electrons. The van der Waals surface area contributed by atoms with Crippen LogP contribution in [0.3, 0.4) is 0 Å². The van der Waals surface area contributed by atoms with Gasteiger partial charge in [0.2, 0.25) is 0 Å². The molecule has 0 unspecified atom stereocenters. The number of phenols is 1. The molecule has 0 atom stereocenters. The second kappa shape index (κ2) is 5.63. The fraction of sp³-hybridized carbons (Fsp3) is 0.0714. The Kier molecular flexibility index (Phi) is 4.12. The molecular weight excluding hydrogens is 330 g/mol. The molecule has 0 radical (unpaired) electrons. The number of phenolic OH excluding ortho intramolecular Hbond substituents is 1. The summed E-state index contributed by atoms with van der Waals surface area (Å²) in [6.07, 6.45) is 0. The Bertz CT molecular complexity index is 631. The summed E-state index contributed by atoms with van der Waals surface area (Å²) in [5.74, 6) is -0.0580. The Labute approximate surface area is 124 Å². The monoisotopic (exact) mass is 339 g/mol. The van der Waals surface area contributed by atoms with Crippen molar-refractivity contribution in [3.63, 3.8) is 0 Å². The lowest BCUT2D eigenvalue weighted by atomic mass is 10.2. The second-order valence-corrected chi connectivity index (χ2v) is 5.27. The summed E-state index contributed by atoms with van der Waals surface area (Å²) >= 11 is 9.19. The quantitative estimate of drug-likeness (QED) is 0.894. The summed E-state index contributed by atoms with van der Waals surface area (Å²) in [5.41, 5.74) is 1.14. The topological polar surface area (TPSA) is 40.5 Å². The van der Waals surface area contributed by atoms with Crippen molar-refractivity contribution < 1.29 is 9.90 Å². The molecule has 2 rings (SSSR count). The van der Waals surface area contributed by atoms with Crippen LogP contribution >= 0.6 is 27.5 Å². The molecule has 0 saturated carbocycles. The number of halogens is 2. The predicted molar refractivity (Wildman–Crippen MR) is 80.0 cm³/mol. The molecule has 0 aliphatic rings. The van der Waals surface area contributed by atoms with Crippen LogP contribution in [0, 0.1) is 0 Å². The minimum absolute atomic E-state index is 0.120. The first-order chi connectivity index (χ1) is 8.99. The van der Waals surface area contributed by atoms with E-state index in [0.717, 1.165) is 0 Å². The van der Waals surface area contributed by atoms with Crippen LogP contribution in [-0.2, 0) is 0 Å². The second-order valence-electron chi connectivity index (χ2n) is 4.01. The first kappa shape index (κ1) is 13.9. The maximum atomic E-state index is 12.3. The van der Waals surface area contributed by atoms with Crippen molar-refractivity contribution in [1.29, 1.82) is 0 Å². The average Bonchev–Trinajstić information content (AvgIpc) is 2.40. The van der Waals surface area contributed by atoms with Crippen molar-refractivity contribution in [1.82, 2.24) is 0 Å². The summed E-state index contributed by atoms with van der Waals surface area (Å²) in [4.78, 5) is 13.8. The highest BCUT2D eigenvalue weighted by atomic mass is 79.9. The third-order valence-corrected chi connectivity index (χ3v) is 3.90. The van der Waals surface area contributed by atoms with Crippen LogP contribution in [0.5, 0.6) is 5.75 Å². The highest BCUT2D eigenvalue weighted by molar-refractivity contribution is 9.10. The zero-order chi connectivity index (χ0) is 14.0. The van der Waals surface area contributed by atoms with E-state index in [2.05, 4.69) is 15.9 Å². The summed E-state index contributed by atoms with van der Waals surface area (Å²) in [7, 11) is 1.65. The van der Waals surface area contributed by atoms with Crippen molar-refractivity contribution in [3.05, 3.63) is 57.5 Å². The minimum atomic E-state index is -0.178. The maximum absolute atomic E-state index is 12.3. The zero-order valence-electron chi connectivity index (χ0n) is 10.1. The third-order valence-electron chi connectivity index (χ3n) is 2.69. The lowest BCUT2D eigenvalue weighted by molar-refractivity contribution is 0.0993. The van der Waals surface area contributed by atoms with Crippen molar-refractivity contribution in [2.45, 2.75) is 0 Å². The van der Waals surface area contributed by atoms with Gasteiger partial charge in [0, 0.05) is 28.8 Å². The lowest BCUT2D eigenvalue weighted by Crippen LogP contribution is -2.26. The smallest absolute Gasteiger partial charge is 0.258 e. The van der Waals surface area contributed by atoms with Gasteiger partial charge in [-0.1, -0.05) is 17.7 Å². The molecule has 0 saturated heterocycles. The summed E-state index contributed by atoms with van der Waals surface area (Å²) in [6.45, 7) is 0. The highest BCUT2D eigenvalue weighted by Crippen LogP contribution is 2.25. The van der Waals surface area contributed by atoms with E-state index in [0.29, 0.717) is 20.7 Å². The maximum Gasteiger partial charge on any atom is 0.258 e. The van der Waals surface area contributed by atoms with E-state index in [1.165, 1.54) is 11.0 Å². The standard InChI is InChI=1S/C14H11BrClNO2/c1-17(10-3-2-4-11(18)8-10)14(19)9-5-6-13(16)12(15)7-9/h2-8,18H,1H3. The Morgan fingerprint density at radius 3 is 2.63 bits per heavy atom. The molecule has 0 spiro atoms. The van der Waals surface area contributed by atoms with Crippen molar-refractivity contribution in [3.8, 4) is 5.75 Å². The first-order valence-electron chi connectivity index (χ1n) is 5.51. The van der Waals surface area contributed by atoms with E-state index in [1.54, 1.807) is 43.4 Å². The third kappa shape index (κ3) is 3.08. The molecule has 2 aromatic rings. The summed E-state index contributed by atoms with van der Waals surface area (Å²) in [6, 6.07) is 11.5. The van der Waals surface area contributed by atoms with Crippen molar-refractivity contribution in [2.24, 2.45) is 0 Å². The Morgan fingerprint density at radius 2 is 2.00 bits per heavy atom. The molecule has 0 bridgehead atoms. The van der Waals surface area contributed by atoms with E-state index < -0.39 is 0 Å². The number of benzene rings is 2. The number of amides is 1. The average molecular weight is 341 g/mol. The molecule has 5 heteroatoms. The lowest BCUT2D eigenvalue weighted by Gasteiger charge is -2.17. The molecule has 0 aliphatic carbocycles. The van der Waals surface area contributed by atoms with Crippen LogP contribution < -0.4 is 4.90 Å². The summed E-state index contributed by atoms with van der Waals surface area (Å²) in [5, 5.41) is 9.98. The molecular formula is C14H11BrClNO2. The fourth-order valence-electron chi connectivity index (χ4n) is 1.64. The van der Waals surface area contributed by atoms with Crippen LogP contribution in [0.1, 0.15) is 10.4 Å². The molecule has 0 aliphatic heterocycles. The fourth-order valence-corrected chi connectivity index (χ4v) is 2.14. The molecule has 0 fully saturated rings. The SMILES string of the molecule is CN(C(=O)c1ccc(Cl)c(Br)c1)c1cccc(O)c1. The van der Waals surface area contributed by atoms with E-state index in [1.807, 2.05) is 0 Å². The molecule has 0 heterocycles. The van der Waals surface area contributed by atoms with Gasteiger partial charge in [0.25, 0.3) is 5.91 Å². The van der Waals surface area contributed by atoms with E-state index in [4.69, 9.17) is 11.6 Å². The van der Waals surface area contributed by atoms with E-state index in [-0.39, 0.29) is 11.7 Å². The van der Waals surface area contributed by atoms with Gasteiger partial charge < -0.3 is 10.0 Å². The number of carbonyl (C=O) groups excluding carboxylic acids is 1. The molecule has 2 aromatic carbocycles. The minimum Gasteiger partial charge on any atom is -0.508 e. The number of hydrogen-bond acceptors (Lipinski definition) is 2. The van der Waals surface area contributed by atoms with Gasteiger partial charge in [-0.2, -0.15) is 0 Å². The van der Waals surface area contributed by atoms with Crippen LogP contribution in [0.4, 0.5) is 5.69 Å². The predicted octanol–water partition coefficient (Wildman–Crippen LogP) is 4.08. The Hall–Kier alpha value is -1.52. The van der Waals surface area contributed by atoms with Crippen molar-refractivity contribution >= 4 is 39.1 Å². The van der Waals surface area contributed by atoms with Gasteiger partial charge in [-0.05, 0) is 46.3 Å². The largest absolute Gasteiger partial charge is 0.508 e. The Morgan fingerprint density at radius 1 is 1.26 bits per heavy atom. The van der Waals surface area contributed by atoms with Crippen LogP contribution in [0.25, 0.3) is 0 Å². The number of hydrogen-bond donors (Lipinski definition) is 1. The highest BCUT2D eigenvalue weighted by Gasteiger charge is 2.14. The molecule has 19 heavy (non-hydrogen) atoms. The number of carbonyl (C=O) groups is 1. The van der Waals surface area contributed by atoms with E-state index in [9.17, 15) is 9.90 Å². The molecule has 1 amide bonds. The Balaban J connectivity index is 2.30. The first-order valence-corrected chi connectivity index (χ1v) is 6.68. The van der Waals surface area contributed by atoms with E-state index >= 15 is 0 Å². The van der Waals surface area contributed by atoms with Gasteiger partial charge in [0.1, 0.15) is 5.75 Å². The number of anilines is 1. The number of aromatic hydroxyl groups is 1. The zero-order valence-corrected chi connectivity index (χ0v) is 12.4. The summed E-state index contributed by atoms with van der Waals surface area (Å²) < 4.78 is 0.671. The van der Waals surface area contributed by atoms with Crippen LogP contribution in [-0.4, -0.2) is 18.1 Å². The van der Waals surface area contributed by atoms with Gasteiger partial charge in [-0.15, -0.1) is 0 Å². The van der Waals surface area contributed by atoms with Gasteiger partial charge in [-0.3, -0.25) is 4.79 Å². The van der Waals surface area contributed by atoms with Gasteiger partial charge >= 0.3 is 0 Å². The van der Waals surface area contributed by atoms with Gasteiger partial charge in [0.05, 0.1) is 5.02 Å². The van der Waals surface area contributed by atoms with Crippen LogP contribution in [0.15, 0.2) is 46.9 Å². The normalized spacial score (nSPS) is 10.3. The van der Waals surface area contributed by atoms with Crippen LogP contribution in [0.2, 0.25) is 5.02 Å². The van der Waals surface area contributed by atoms with Crippen molar-refractivity contribution in [2.75, 3.05) is 11.9 Å². The van der Waals surface area contributed by atoms with Gasteiger partial charge in [-0.25, -0.2) is 0 Å². The molecule has 0 aromatic heterocycles. The number of rotatable bonds is 2. The molecule has 3 nitrogen and oxygen atoms in total.